The van der Waals surface area contributed by atoms with Crippen LogP contribution in [0.3, 0.4) is 0 Å². The zero-order valence-electron chi connectivity index (χ0n) is 14.2. The van der Waals surface area contributed by atoms with Crippen LogP contribution >= 0.6 is 0 Å². The van der Waals surface area contributed by atoms with Crippen LogP contribution in [-0.4, -0.2) is 49.3 Å². The van der Waals surface area contributed by atoms with Crippen molar-refractivity contribution in [3.8, 4) is 0 Å². The lowest BCUT2D eigenvalue weighted by atomic mass is 10.0. The van der Waals surface area contributed by atoms with E-state index in [0.717, 1.165) is 44.2 Å². The number of pyridine rings is 1. The molecule has 3 fully saturated rings. The van der Waals surface area contributed by atoms with Gasteiger partial charge >= 0.3 is 0 Å². The number of benzene rings is 1. The lowest BCUT2D eigenvalue weighted by Gasteiger charge is -2.19. The predicted molar refractivity (Wildman–Crippen MR) is 96.3 cm³/mol. The zero-order chi connectivity index (χ0) is 15.9. The molecular formula is C20H25N3O. The summed E-state index contributed by atoms with van der Waals surface area (Å²) in [6.45, 7) is 7.61. The van der Waals surface area contributed by atoms with E-state index in [-0.39, 0.29) is 0 Å². The minimum atomic E-state index is 0.699. The Labute approximate surface area is 143 Å². The molecule has 5 rings (SSSR count). The molecule has 1 aromatic carbocycles. The van der Waals surface area contributed by atoms with Crippen LogP contribution in [0.2, 0.25) is 0 Å². The summed E-state index contributed by atoms with van der Waals surface area (Å²) in [7, 11) is 0. The molecule has 0 saturated carbocycles. The molecular weight excluding hydrogens is 298 g/mol. The van der Waals surface area contributed by atoms with E-state index in [1.165, 1.54) is 36.9 Å². The third kappa shape index (κ3) is 2.68. The van der Waals surface area contributed by atoms with Crippen molar-refractivity contribution < 1.29 is 4.74 Å². The smallest absolute Gasteiger partial charge is 0.129 e. The van der Waals surface area contributed by atoms with Crippen LogP contribution in [-0.2, 0) is 11.3 Å². The SMILES string of the molecule is c1cc2nc(N3CC4COCC4C3)ccc2cc1CN1CCCC1. The van der Waals surface area contributed by atoms with Gasteiger partial charge in [-0.15, -0.1) is 0 Å². The van der Waals surface area contributed by atoms with Gasteiger partial charge in [0.2, 0.25) is 0 Å². The predicted octanol–water partition coefficient (Wildman–Crippen LogP) is 2.91. The molecule has 24 heavy (non-hydrogen) atoms. The van der Waals surface area contributed by atoms with Crippen molar-refractivity contribution in [3.63, 3.8) is 0 Å². The molecule has 4 heterocycles. The number of ether oxygens (including phenoxy) is 1. The topological polar surface area (TPSA) is 28.6 Å². The molecule has 2 atom stereocenters. The van der Waals surface area contributed by atoms with Crippen LogP contribution in [0, 0.1) is 11.8 Å². The first-order chi connectivity index (χ1) is 11.8. The van der Waals surface area contributed by atoms with Crippen LogP contribution < -0.4 is 4.90 Å². The Hall–Kier alpha value is -1.65. The molecule has 0 radical (unpaired) electrons. The molecule has 2 aromatic rings. The zero-order valence-corrected chi connectivity index (χ0v) is 14.2. The fourth-order valence-corrected chi connectivity index (χ4v) is 4.51. The lowest BCUT2D eigenvalue weighted by molar-refractivity contribution is 0.177. The van der Waals surface area contributed by atoms with Gasteiger partial charge in [0.25, 0.3) is 0 Å². The number of likely N-dealkylation sites (tertiary alicyclic amines) is 1. The van der Waals surface area contributed by atoms with Crippen molar-refractivity contribution >= 4 is 16.7 Å². The molecule has 4 heteroatoms. The van der Waals surface area contributed by atoms with Gasteiger partial charge in [0.05, 0.1) is 18.7 Å². The van der Waals surface area contributed by atoms with Crippen LogP contribution in [0.4, 0.5) is 5.82 Å². The van der Waals surface area contributed by atoms with Crippen molar-refractivity contribution in [2.24, 2.45) is 11.8 Å². The molecule has 126 valence electrons. The van der Waals surface area contributed by atoms with Crippen LogP contribution in [0.5, 0.6) is 0 Å². The first-order valence-electron chi connectivity index (χ1n) is 9.30. The standard InChI is InChI=1S/C20H25N3O/c1-2-8-22(7-1)10-15-3-5-19-16(9-15)4-6-20(21-19)23-11-17-13-24-14-18(17)12-23/h3-6,9,17-18H,1-2,7-8,10-14H2. The Bertz CT molecular complexity index is 729. The number of aromatic nitrogens is 1. The normalized spacial score (nSPS) is 27.2. The van der Waals surface area contributed by atoms with Crippen LogP contribution in [0.15, 0.2) is 30.3 Å². The van der Waals surface area contributed by atoms with E-state index in [4.69, 9.17) is 9.72 Å². The molecule has 2 unspecified atom stereocenters. The molecule has 0 aliphatic carbocycles. The van der Waals surface area contributed by atoms with E-state index in [0.29, 0.717) is 11.8 Å². The second-order valence-electron chi connectivity index (χ2n) is 7.64. The number of rotatable bonds is 3. The van der Waals surface area contributed by atoms with E-state index >= 15 is 0 Å². The van der Waals surface area contributed by atoms with Crippen molar-refractivity contribution in [3.05, 3.63) is 35.9 Å². The van der Waals surface area contributed by atoms with E-state index in [1.807, 2.05) is 0 Å². The van der Waals surface area contributed by atoms with Crippen LogP contribution in [0.25, 0.3) is 10.9 Å². The summed E-state index contributed by atoms with van der Waals surface area (Å²) in [5, 5.41) is 1.26. The molecule has 1 aromatic heterocycles. The minimum absolute atomic E-state index is 0.699. The van der Waals surface area contributed by atoms with Gasteiger partial charge in [-0.1, -0.05) is 6.07 Å². The third-order valence-electron chi connectivity index (χ3n) is 5.91. The maximum atomic E-state index is 5.58. The first kappa shape index (κ1) is 14.7. The molecule has 3 saturated heterocycles. The van der Waals surface area contributed by atoms with E-state index in [2.05, 4.69) is 40.1 Å². The fraction of sp³-hybridized carbons (Fsp3) is 0.550. The highest BCUT2D eigenvalue weighted by Gasteiger charge is 2.37. The fourth-order valence-electron chi connectivity index (χ4n) is 4.51. The van der Waals surface area contributed by atoms with Gasteiger partial charge in [-0.2, -0.15) is 0 Å². The quantitative estimate of drug-likeness (QED) is 0.868. The molecule has 0 amide bonds. The van der Waals surface area contributed by atoms with Crippen molar-refractivity contribution in [1.29, 1.82) is 0 Å². The van der Waals surface area contributed by atoms with Gasteiger partial charge < -0.3 is 9.64 Å². The summed E-state index contributed by atoms with van der Waals surface area (Å²) >= 11 is 0. The average molecular weight is 323 g/mol. The maximum absolute atomic E-state index is 5.58. The number of anilines is 1. The van der Waals surface area contributed by atoms with Crippen LogP contribution in [0.1, 0.15) is 18.4 Å². The van der Waals surface area contributed by atoms with E-state index < -0.39 is 0 Å². The average Bonchev–Trinajstić information content (AvgIpc) is 3.31. The Morgan fingerprint density at radius 1 is 1.00 bits per heavy atom. The number of hydrogen-bond acceptors (Lipinski definition) is 4. The summed E-state index contributed by atoms with van der Waals surface area (Å²) in [5.41, 5.74) is 2.53. The van der Waals surface area contributed by atoms with E-state index in [1.54, 1.807) is 0 Å². The highest BCUT2D eigenvalue weighted by atomic mass is 16.5. The largest absolute Gasteiger partial charge is 0.381 e. The second kappa shape index (κ2) is 6.01. The third-order valence-corrected chi connectivity index (χ3v) is 5.91. The number of nitrogens with zero attached hydrogens (tertiary/aromatic N) is 3. The Kier molecular flexibility index (Phi) is 3.68. The van der Waals surface area contributed by atoms with Crippen molar-refractivity contribution in [1.82, 2.24) is 9.88 Å². The molecule has 4 nitrogen and oxygen atoms in total. The summed E-state index contributed by atoms with van der Waals surface area (Å²) < 4.78 is 5.58. The number of fused-ring (bicyclic) bond motifs is 2. The Morgan fingerprint density at radius 3 is 2.58 bits per heavy atom. The minimum Gasteiger partial charge on any atom is -0.381 e. The molecule has 0 spiro atoms. The van der Waals surface area contributed by atoms with Gasteiger partial charge in [0.15, 0.2) is 0 Å². The summed E-state index contributed by atoms with van der Waals surface area (Å²) in [6, 6.07) is 11.2. The molecule has 3 aliphatic heterocycles. The van der Waals surface area contributed by atoms with Crippen molar-refractivity contribution in [2.75, 3.05) is 44.3 Å². The molecule has 3 aliphatic rings. The molecule has 0 bridgehead atoms. The molecule has 0 N–H and O–H groups in total. The van der Waals surface area contributed by atoms with E-state index in [9.17, 15) is 0 Å². The van der Waals surface area contributed by atoms with Gasteiger partial charge in [-0.25, -0.2) is 4.98 Å². The number of hydrogen-bond donors (Lipinski definition) is 0. The lowest BCUT2D eigenvalue weighted by Crippen LogP contribution is -2.23. The van der Waals surface area contributed by atoms with Crippen molar-refractivity contribution in [2.45, 2.75) is 19.4 Å². The monoisotopic (exact) mass is 323 g/mol. The van der Waals surface area contributed by atoms with Gasteiger partial charge in [0, 0.05) is 36.9 Å². The summed E-state index contributed by atoms with van der Waals surface area (Å²) in [5.74, 6) is 2.53. The second-order valence-corrected chi connectivity index (χ2v) is 7.64. The highest BCUT2D eigenvalue weighted by molar-refractivity contribution is 5.81. The first-order valence-corrected chi connectivity index (χ1v) is 9.30. The highest BCUT2D eigenvalue weighted by Crippen LogP contribution is 2.32. The maximum Gasteiger partial charge on any atom is 0.129 e. The Morgan fingerprint density at radius 2 is 1.79 bits per heavy atom. The Balaban J connectivity index is 1.36. The van der Waals surface area contributed by atoms with Gasteiger partial charge in [-0.05, 0) is 55.8 Å². The summed E-state index contributed by atoms with van der Waals surface area (Å²) in [6.07, 6.45) is 2.70. The van der Waals surface area contributed by atoms with Gasteiger partial charge in [-0.3, -0.25) is 4.90 Å². The summed E-state index contributed by atoms with van der Waals surface area (Å²) in [4.78, 5) is 9.92. The van der Waals surface area contributed by atoms with Gasteiger partial charge in [0.1, 0.15) is 5.82 Å².